The number of morpholine rings is 1. The lowest BCUT2D eigenvalue weighted by Gasteiger charge is -2.34. The number of halogens is 1. The number of allylic oxidation sites excluding steroid dienone is 1. The van der Waals surface area contributed by atoms with Crippen LogP contribution in [-0.4, -0.2) is 86.7 Å². The minimum atomic E-state index is -0.315. The number of aromatic nitrogens is 2. The van der Waals surface area contributed by atoms with Crippen molar-refractivity contribution in [2.75, 3.05) is 64.4 Å². The van der Waals surface area contributed by atoms with Crippen LogP contribution in [0, 0.1) is 17.8 Å². The second kappa shape index (κ2) is 13.2. The standard InChI is InChI=1S/C31H40ClN5O5/c1-39-15-16-42-30(38)26-20-3-4-21(17-20)27(26)35-29-24(32)18-33-31(36-29)34-25-10-6-19-5-7-22(37-11-13-41-14-12-37)8-9-23(19)28(25)40-2/h3-4,6,10,18,20-22,26-27H,5,7-9,11-17H2,1-2H3,(H2,33,34,35,36)/t20-,21+,22+,26?,27-/m1/s1. The molecule has 1 aromatic carbocycles. The lowest BCUT2D eigenvalue weighted by Crippen LogP contribution is -2.43. The van der Waals surface area contributed by atoms with Gasteiger partial charge in [0.1, 0.15) is 17.4 Å². The highest BCUT2D eigenvalue weighted by atomic mass is 35.5. The number of hydrogen-bond acceptors (Lipinski definition) is 10. The van der Waals surface area contributed by atoms with Crippen molar-refractivity contribution in [2.45, 2.75) is 44.2 Å². The molecule has 4 aliphatic rings. The van der Waals surface area contributed by atoms with Gasteiger partial charge in [-0.1, -0.05) is 29.8 Å². The van der Waals surface area contributed by atoms with E-state index in [1.807, 2.05) is 6.07 Å². The van der Waals surface area contributed by atoms with E-state index in [1.54, 1.807) is 20.4 Å². The molecule has 2 heterocycles. The first-order chi connectivity index (χ1) is 20.6. The molecule has 0 radical (unpaired) electrons. The van der Waals surface area contributed by atoms with Gasteiger partial charge in [0.2, 0.25) is 5.95 Å². The van der Waals surface area contributed by atoms with Gasteiger partial charge in [-0.15, -0.1) is 0 Å². The van der Waals surface area contributed by atoms with E-state index in [2.05, 4.69) is 38.7 Å². The van der Waals surface area contributed by atoms with Crippen molar-refractivity contribution < 1.29 is 23.7 Å². The van der Waals surface area contributed by atoms with Gasteiger partial charge in [-0.05, 0) is 61.1 Å². The zero-order chi connectivity index (χ0) is 29.1. The van der Waals surface area contributed by atoms with Crippen LogP contribution >= 0.6 is 11.6 Å². The van der Waals surface area contributed by atoms with Crippen LogP contribution in [0.25, 0.3) is 0 Å². The van der Waals surface area contributed by atoms with E-state index in [4.69, 9.17) is 35.5 Å². The van der Waals surface area contributed by atoms with Gasteiger partial charge in [-0.2, -0.15) is 4.98 Å². The average Bonchev–Trinajstić information content (AvgIpc) is 3.55. The number of aryl methyl sites for hydroxylation is 1. The van der Waals surface area contributed by atoms with Gasteiger partial charge in [0, 0.05) is 32.3 Å². The highest BCUT2D eigenvalue weighted by Crippen LogP contribution is 2.46. The summed E-state index contributed by atoms with van der Waals surface area (Å²) in [4.78, 5) is 24.7. The number of anilines is 3. The number of fused-ring (bicyclic) bond motifs is 3. The minimum absolute atomic E-state index is 0.132. The van der Waals surface area contributed by atoms with E-state index in [0.29, 0.717) is 29.4 Å². The van der Waals surface area contributed by atoms with Crippen molar-refractivity contribution in [1.29, 1.82) is 0 Å². The molecule has 5 atom stereocenters. The first kappa shape index (κ1) is 29.2. The quantitative estimate of drug-likeness (QED) is 0.179. The number of benzene rings is 1. The number of carbonyl (C=O) groups is 1. The Morgan fingerprint density at radius 2 is 1.93 bits per heavy atom. The summed E-state index contributed by atoms with van der Waals surface area (Å²) in [5.41, 5.74) is 3.39. The Morgan fingerprint density at radius 1 is 1.12 bits per heavy atom. The lowest BCUT2D eigenvalue weighted by molar-refractivity contribution is -0.151. The normalized spacial score (nSPS) is 26.9. The predicted molar refractivity (Wildman–Crippen MR) is 161 cm³/mol. The number of carbonyl (C=O) groups excluding carboxylic acids is 1. The van der Waals surface area contributed by atoms with Crippen molar-refractivity contribution in [3.63, 3.8) is 0 Å². The SMILES string of the molecule is COCCOC(=O)C1[C@@H]2C=C[C@@H](C2)[C@H]1Nc1nc(Nc2ccc3c(c2OC)CC[C@@H](N2CCOCC2)CC3)ncc1Cl. The summed E-state index contributed by atoms with van der Waals surface area (Å²) in [6.07, 6.45) is 11.0. The minimum Gasteiger partial charge on any atom is -0.494 e. The highest BCUT2D eigenvalue weighted by molar-refractivity contribution is 6.32. The smallest absolute Gasteiger partial charge is 0.311 e. The first-order valence-corrected chi connectivity index (χ1v) is 15.3. The topological polar surface area (TPSA) is 107 Å². The van der Waals surface area contributed by atoms with Gasteiger partial charge in [0.25, 0.3) is 0 Å². The van der Waals surface area contributed by atoms with Crippen molar-refractivity contribution in [3.05, 3.63) is 46.6 Å². The number of methoxy groups -OCH3 is 2. The fraction of sp³-hybridized carbons (Fsp3) is 0.581. The molecule has 11 heteroatoms. The van der Waals surface area contributed by atoms with Crippen LogP contribution in [-0.2, 0) is 31.8 Å². The number of nitrogens with one attached hydrogen (secondary N) is 2. The monoisotopic (exact) mass is 597 g/mol. The molecule has 2 fully saturated rings. The molecule has 1 saturated heterocycles. The van der Waals surface area contributed by atoms with E-state index in [9.17, 15) is 4.79 Å². The third kappa shape index (κ3) is 6.08. The van der Waals surface area contributed by atoms with Crippen LogP contribution in [0.4, 0.5) is 17.5 Å². The van der Waals surface area contributed by atoms with Crippen LogP contribution in [0.1, 0.15) is 30.4 Å². The molecule has 2 aromatic rings. The van der Waals surface area contributed by atoms with Gasteiger partial charge in [-0.25, -0.2) is 4.98 Å². The second-order valence-electron chi connectivity index (χ2n) is 11.5. The van der Waals surface area contributed by atoms with E-state index in [1.165, 1.54) is 11.1 Å². The fourth-order valence-corrected chi connectivity index (χ4v) is 7.21. The Morgan fingerprint density at radius 3 is 2.74 bits per heavy atom. The largest absolute Gasteiger partial charge is 0.494 e. The molecule has 10 nitrogen and oxygen atoms in total. The van der Waals surface area contributed by atoms with E-state index in [0.717, 1.165) is 69.8 Å². The van der Waals surface area contributed by atoms with Crippen molar-refractivity contribution in [2.24, 2.45) is 17.8 Å². The summed E-state index contributed by atoms with van der Waals surface area (Å²) in [6.45, 7) is 4.24. The van der Waals surface area contributed by atoms with E-state index < -0.39 is 0 Å². The fourth-order valence-electron chi connectivity index (χ4n) is 7.06. The number of ether oxygens (including phenoxy) is 4. The molecule has 0 spiro atoms. The van der Waals surface area contributed by atoms with Gasteiger partial charge >= 0.3 is 5.97 Å². The van der Waals surface area contributed by atoms with Crippen LogP contribution in [0.15, 0.2) is 30.5 Å². The third-order valence-electron chi connectivity index (χ3n) is 9.16. The third-order valence-corrected chi connectivity index (χ3v) is 9.43. The number of rotatable bonds is 10. The predicted octanol–water partition coefficient (Wildman–Crippen LogP) is 4.25. The zero-order valence-corrected chi connectivity index (χ0v) is 25.1. The summed E-state index contributed by atoms with van der Waals surface area (Å²) in [7, 11) is 3.31. The van der Waals surface area contributed by atoms with Crippen molar-refractivity contribution >= 4 is 35.0 Å². The van der Waals surface area contributed by atoms with Crippen LogP contribution in [0.3, 0.4) is 0 Å². The molecular weight excluding hydrogens is 558 g/mol. The highest BCUT2D eigenvalue weighted by Gasteiger charge is 2.49. The van der Waals surface area contributed by atoms with Crippen LogP contribution in [0.5, 0.6) is 5.75 Å². The molecule has 6 rings (SSSR count). The molecule has 1 unspecified atom stereocenters. The molecule has 42 heavy (non-hydrogen) atoms. The van der Waals surface area contributed by atoms with Crippen LogP contribution in [0.2, 0.25) is 5.02 Å². The first-order valence-electron chi connectivity index (χ1n) is 15.0. The van der Waals surface area contributed by atoms with Crippen LogP contribution < -0.4 is 15.4 Å². The van der Waals surface area contributed by atoms with Gasteiger partial charge in [0.05, 0.1) is 44.7 Å². The maximum atomic E-state index is 13.0. The molecule has 0 amide bonds. The second-order valence-corrected chi connectivity index (χ2v) is 11.9. The zero-order valence-electron chi connectivity index (χ0n) is 24.3. The van der Waals surface area contributed by atoms with Crippen molar-refractivity contribution in [1.82, 2.24) is 14.9 Å². The van der Waals surface area contributed by atoms with Gasteiger partial charge in [0.15, 0.2) is 5.82 Å². The molecule has 1 aromatic heterocycles. The summed E-state index contributed by atoms with van der Waals surface area (Å²) in [5, 5.41) is 7.22. The Hall–Kier alpha value is -2.92. The number of nitrogens with zero attached hydrogens (tertiary/aromatic N) is 3. The summed E-state index contributed by atoms with van der Waals surface area (Å²) in [5.74, 6) is 1.51. The summed E-state index contributed by atoms with van der Waals surface area (Å²) >= 11 is 6.56. The van der Waals surface area contributed by atoms with E-state index in [-0.39, 0.29) is 36.4 Å². The molecule has 226 valence electrons. The Labute approximate surface area is 252 Å². The maximum absolute atomic E-state index is 13.0. The number of hydrogen-bond donors (Lipinski definition) is 2. The molecule has 1 aliphatic heterocycles. The Bertz CT molecular complexity index is 1300. The van der Waals surface area contributed by atoms with Gasteiger partial charge < -0.3 is 29.6 Å². The summed E-state index contributed by atoms with van der Waals surface area (Å²) in [6, 6.07) is 4.62. The Balaban J connectivity index is 1.18. The number of esters is 1. The lowest BCUT2D eigenvalue weighted by atomic mass is 9.89. The molecule has 1 saturated carbocycles. The summed E-state index contributed by atoms with van der Waals surface area (Å²) < 4.78 is 22.1. The van der Waals surface area contributed by atoms with E-state index >= 15 is 0 Å². The molecule has 3 aliphatic carbocycles. The average molecular weight is 598 g/mol. The van der Waals surface area contributed by atoms with Crippen molar-refractivity contribution in [3.8, 4) is 5.75 Å². The van der Waals surface area contributed by atoms with Gasteiger partial charge in [-0.3, -0.25) is 9.69 Å². The Kier molecular flexibility index (Phi) is 9.14. The molecule has 2 N–H and O–H groups in total. The molecule has 2 bridgehead atoms. The molecular formula is C31H40ClN5O5. The maximum Gasteiger partial charge on any atom is 0.311 e.